The lowest BCUT2D eigenvalue weighted by molar-refractivity contribution is 0.0600. The molecule has 0 unspecified atom stereocenters. The number of esters is 1. The normalized spacial score (nSPS) is 11.2. The maximum absolute atomic E-state index is 12.8. The number of methoxy groups -OCH3 is 1. The fourth-order valence-corrected chi connectivity index (χ4v) is 10.1. The fourth-order valence-electron chi connectivity index (χ4n) is 10.1. The summed E-state index contributed by atoms with van der Waals surface area (Å²) in [6, 6.07) is 17.5. The van der Waals surface area contributed by atoms with Gasteiger partial charge < -0.3 is 33.2 Å². The molecule has 0 amide bonds. The van der Waals surface area contributed by atoms with E-state index in [1.54, 1.807) is 18.2 Å². The van der Waals surface area contributed by atoms with Gasteiger partial charge in [0.15, 0.2) is 34.5 Å². The molecule has 0 atom stereocenters. The molecule has 3 rings (SSSR count). The molecule has 0 N–H and O–H groups in total. The minimum absolute atomic E-state index is 0.246. The van der Waals surface area contributed by atoms with Crippen molar-refractivity contribution in [1.82, 2.24) is 0 Å². The van der Waals surface area contributed by atoms with Crippen LogP contribution in [0.15, 0.2) is 54.6 Å². The van der Waals surface area contributed by atoms with Gasteiger partial charge in [-0.05, 0) is 79.3 Å². The Bertz CT molecular complexity index is 1860. The van der Waals surface area contributed by atoms with Gasteiger partial charge in [-0.25, -0.2) is 4.79 Å². The SMILES string of the molecule is CCCCCCCCCCCCOc1ccc(COc2ccc(C(=O)OC)cc2OCc2ccc(OCCCCCCCCCCCC)c(OCCCCCCCCCCCC)c2)cc1OCCCCCCCCCCCC. The summed E-state index contributed by atoms with van der Waals surface area (Å²) in [4.78, 5) is 12.8. The van der Waals surface area contributed by atoms with E-state index < -0.39 is 5.97 Å². The van der Waals surface area contributed by atoms with E-state index in [-0.39, 0.29) is 13.2 Å². The van der Waals surface area contributed by atoms with Gasteiger partial charge in [0.2, 0.25) is 0 Å². The van der Waals surface area contributed by atoms with Crippen LogP contribution in [-0.2, 0) is 18.0 Å². The molecule has 0 aliphatic carbocycles. The van der Waals surface area contributed by atoms with Gasteiger partial charge in [0.25, 0.3) is 0 Å². The molecule has 0 heterocycles. The van der Waals surface area contributed by atoms with Crippen LogP contribution in [0.5, 0.6) is 34.5 Å². The Morgan fingerprint density at radius 2 is 0.526 bits per heavy atom. The highest BCUT2D eigenvalue weighted by Crippen LogP contribution is 2.35. The zero-order valence-electron chi connectivity index (χ0n) is 51.0. The maximum atomic E-state index is 12.8. The number of benzene rings is 3. The molecule has 0 aliphatic rings. The predicted octanol–water partition coefficient (Wildman–Crippen LogP) is 21.8. The van der Waals surface area contributed by atoms with Crippen molar-refractivity contribution in [3.05, 3.63) is 71.3 Å². The standard InChI is InChI=1S/C70H116O8/c1-6-10-14-18-22-26-30-34-38-42-52-73-64-49-46-61(56-67(64)75-54-44-40-36-32-28-24-20-16-12-8-3)59-77-66-51-48-63(70(71)72-5)58-69(66)78-60-62-47-50-65(74-53-43-39-35-31-27-23-19-15-11-7-2)68(57-62)76-55-45-41-37-33-29-25-21-17-13-9-4/h46-51,56-58H,6-45,52-55,59-60H2,1-5H3. The highest BCUT2D eigenvalue weighted by Gasteiger charge is 2.16. The van der Waals surface area contributed by atoms with Crippen molar-refractivity contribution < 1.29 is 38.0 Å². The topological polar surface area (TPSA) is 81.7 Å². The van der Waals surface area contributed by atoms with E-state index in [4.69, 9.17) is 33.2 Å². The summed E-state index contributed by atoms with van der Waals surface area (Å²) in [5.74, 6) is 3.64. The highest BCUT2D eigenvalue weighted by molar-refractivity contribution is 5.90. The molecule has 8 heteroatoms. The first-order chi connectivity index (χ1) is 38.5. The van der Waals surface area contributed by atoms with Gasteiger partial charge in [-0.2, -0.15) is 0 Å². The van der Waals surface area contributed by atoms with Gasteiger partial charge in [0.1, 0.15) is 13.2 Å². The number of carbonyl (C=O) groups is 1. The van der Waals surface area contributed by atoms with Crippen LogP contribution in [0.1, 0.15) is 306 Å². The molecule has 444 valence electrons. The number of hydrogen-bond acceptors (Lipinski definition) is 8. The summed E-state index contributed by atoms with van der Waals surface area (Å²) in [5.41, 5.74) is 2.29. The van der Waals surface area contributed by atoms with E-state index in [1.807, 2.05) is 24.3 Å². The van der Waals surface area contributed by atoms with Gasteiger partial charge in [-0.15, -0.1) is 0 Å². The average Bonchev–Trinajstić information content (AvgIpc) is 3.46. The molecule has 0 saturated heterocycles. The van der Waals surface area contributed by atoms with Crippen LogP contribution in [0.25, 0.3) is 0 Å². The number of hydrogen-bond donors (Lipinski definition) is 0. The molecule has 0 spiro atoms. The third-order valence-corrected chi connectivity index (χ3v) is 15.2. The molecule has 8 nitrogen and oxygen atoms in total. The first kappa shape index (κ1) is 68.2. The van der Waals surface area contributed by atoms with E-state index in [0.717, 1.165) is 66.2 Å². The lowest BCUT2D eigenvalue weighted by Gasteiger charge is -2.17. The summed E-state index contributed by atoms with van der Waals surface area (Å²) in [6.07, 6.45) is 51.4. The quantitative estimate of drug-likeness (QED) is 0.0408. The van der Waals surface area contributed by atoms with E-state index in [1.165, 1.54) is 232 Å². The second-order valence-electron chi connectivity index (χ2n) is 22.4. The molecule has 0 aliphatic heterocycles. The Labute approximate surface area is 478 Å². The second-order valence-corrected chi connectivity index (χ2v) is 22.4. The number of rotatable bonds is 55. The van der Waals surface area contributed by atoms with Crippen LogP contribution in [0.4, 0.5) is 0 Å². The number of carbonyl (C=O) groups excluding carboxylic acids is 1. The van der Waals surface area contributed by atoms with Crippen molar-refractivity contribution in [2.24, 2.45) is 0 Å². The Hall–Kier alpha value is -4.07. The van der Waals surface area contributed by atoms with E-state index in [2.05, 4.69) is 39.8 Å². The third-order valence-electron chi connectivity index (χ3n) is 15.2. The first-order valence-corrected chi connectivity index (χ1v) is 32.8. The largest absolute Gasteiger partial charge is 0.490 e. The van der Waals surface area contributed by atoms with Crippen LogP contribution in [0.3, 0.4) is 0 Å². The Balaban J connectivity index is 1.66. The summed E-state index contributed by atoms with van der Waals surface area (Å²) < 4.78 is 43.9. The molecule has 3 aromatic rings. The van der Waals surface area contributed by atoms with Crippen LogP contribution >= 0.6 is 0 Å². The third kappa shape index (κ3) is 34.2. The lowest BCUT2D eigenvalue weighted by Crippen LogP contribution is -2.06. The zero-order valence-corrected chi connectivity index (χ0v) is 51.0. The van der Waals surface area contributed by atoms with Crippen LogP contribution < -0.4 is 28.4 Å². The van der Waals surface area contributed by atoms with E-state index >= 15 is 0 Å². The molecule has 0 saturated carbocycles. The van der Waals surface area contributed by atoms with Crippen molar-refractivity contribution >= 4 is 5.97 Å². The summed E-state index contributed by atoms with van der Waals surface area (Å²) >= 11 is 0. The number of unbranched alkanes of at least 4 members (excludes halogenated alkanes) is 36. The maximum Gasteiger partial charge on any atom is 0.337 e. The molecular weight excluding hydrogens is 969 g/mol. The van der Waals surface area contributed by atoms with E-state index in [0.29, 0.717) is 43.5 Å². The Kier molecular flexibility index (Phi) is 42.7. The summed E-state index contributed by atoms with van der Waals surface area (Å²) in [6.45, 7) is 12.3. The van der Waals surface area contributed by atoms with E-state index in [9.17, 15) is 4.79 Å². The summed E-state index contributed by atoms with van der Waals surface area (Å²) in [7, 11) is 1.39. The van der Waals surface area contributed by atoms with Crippen molar-refractivity contribution in [2.75, 3.05) is 33.5 Å². The lowest BCUT2D eigenvalue weighted by atomic mass is 10.1. The molecule has 0 fully saturated rings. The molecule has 0 radical (unpaired) electrons. The van der Waals surface area contributed by atoms with Gasteiger partial charge in [0.05, 0.1) is 39.1 Å². The van der Waals surface area contributed by atoms with Crippen LogP contribution in [0, 0.1) is 0 Å². The van der Waals surface area contributed by atoms with Crippen LogP contribution in [-0.4, -0.2) is 39.5 Å². The monoisotopic (exact) mass is 1080 g/mol. The van der Waals surface area contributed by atoms with Crippen molar-refractivity contribution in [3.63, 3.8) is 0 Å². The van der Waals surface area contributed by atoms with Gasteiger partial charge in [0, 0.05) is 0 Å². The minimum atomic E-state index is -0.435. The van der Waals surface area contributed by atoms with Gasteiger partial charge >= 0.3 is 5.97 Å². The highest BCUT2D eigenvalue weighted by atomic mass is 16.5. The predicted molar refractivity (Wildman–Crippen MR) is 329 cm³/mol. The smallest absolute Gasteiger partial charge is 0.337 e. The van der Waals surface area contributed by atoms with Crippen molar-refractivity contribution in [2.45, 2.75) is 298 Å². The molecule has 78 heavy (non-hydrogen) atoms. The number of ether oxygens (including phenoxy) is 7. The van der Waals surface area contributed by atoms with Crippen molar-refractivity contribution in [1.29, 1.82) is 0 Å². The second kappa shape index (κ2) is 48.8. The van der Waals surface area contributed by atoms with Crippen LogP contribution in [0.2, 0.25) is 0 Å². The Morgan fingerprint density at radius 1 is 0.282 bits per heavy atom. The molecule has 3 aromatic carbocycles. The van der Waals surface area contributed by atoms with Gasteiger partial charge in [-0.1, -0.05) is 271 Å². The molecule has 0 aromatic heterocycles. The first-order valence-electron chi connectivity index (χ1n) is 32.8. The zero-order chi connectivity index (χ0) is 55.6. The minimum Gasteiger partial charge on any atom is -0.490 e. The molecular formula is C70H116O8. The summed E-state index contributed by atoms with van der Waals surface area (Å²) in [5, 5.41) is 0. The van der Waals surface area contributed by atoms with Crippen molar-refractivity contribution in [3.8, 4) is 34.5 Å². The average molecular weight is 1090 g/mol. The Morgan fingerprint density at radius 3 is 0.833 bits per heavy atom. The fraction of sp³-hybridized carbons (Fsp3) is 0.729. The van der Waals surface area contributed by atoms with Gasteiger partial charge in [-0.3, -0.25) is 0 Å². The molecule has 0 bridgehead atoms.